The third-order valence-electron chi connectivity index (χ3n) is 8.13. The van der Waals surface area contributed by atoms with Crippen LogP contribution in [0.3, 0.4) is 0 Å². The van der Waals surface area contributed by atoms with Crippen LogP contribution in [0.1, 0.15) is 65.2 Å². The second-order valence-electron chi connectivity index (χ2n) is 8.98. The van der Waals surface area contributed by atoms with Crippen LogP contribution in [0.5, 0.6) is 0 Å². The van der Waals surface area contributed by atoms with Crippen LogP contribution in [0.25, 0.3) is 0 Å². The monoisotopic (exact) mass is 344 g/mol. The molecule has 4 nitrogen and oxygen atoms in total. The average molecular weight is 344 g/mol. The van der Waals surface area contributed by atoms with Crippen molar-refractivity contribution in [2.45, 2.75) is 65.2 Å². The van der Waals surface area contributed by atoms with Gasteiger partial charge in [0.1, 0.15) is 14.2 Å². The van der Waals surface area contributed by atoms with Crippen LogP contribution in [0, 0.1) is 28.6 Å². The average Bonchev–Trinajstić information content (AvgIpc) is 2.93. The van der Waals surface area contributed by atoms with E-state index in [0.29, 0.717) is 5.41 Å². The molecule has 4 heteroatoms. The highest BCUT2D eigenvalue weighted by atomic mass is 16.6. The lowest BCUT2D eigenvalue weighted by molar-refractivity contribution is -0.0163. The van der Waals surface area contributed by atoms with E-state index in [1.54, 1.807) is 19.8 Å². The molecule has 0 bridgehead atoms. The van der Waals surface area contributed by atoms with E-state index in [-0.39, 0.29) is 5.41 Å². The van der Waals surface area contributed by atoms with Crippen molar-refractivity contribution >= 4 is 11.4 Å². The molecular formula is C21H32N2O2. The maximum absolute atomic E-state index is 5.17. The van der Waals surface area contributed by atoms with Crippen LogP contribution < -0.4 is 0 Å². The van der Waals surface area contributed by atoms with Gasteiger partial charge in [0.05, 0.1) is 11.4 Å². The molecule has 4 rings (SSSR count). The predicted molar refractivity (Wildman–Crippen MR) is 101 cm³/mol. The summed E-state index contributed by atoms with van der Waals surface area (Å²) in [6.07, 6.45) is 12.2. The van der Waals surface area contributed by atoms with Gasteiger partial charge in [-0.3, -0.25) is 0 Å². The second-order valence-corrected chi connectivity index (χ2v) is 8.98. The van der Waals surface area contributed by atoms with E-state index in [2.05, 4.69) is 30.2 Å². The SMILES string of the molecule is CO/N=C1/C=C2CCC3C(CCC4(C)/C(=N/OC)CCC34)C2(C)CC1. The first kappa shape index (κ1) is 17.1. The Labute approximate surface area is 151 Å². The summed E-state index contributed by atoms with van der Waals surface area (Å²) in [6, 6.07) is 0. The zero-order valence-corrected chi connectivity index (χ0v) is 16.2. The third-order valence-corrected chi connectivity index (χ3v) is 8.13. The van der Waals surface area contributed by atoms with E-state index >= 15 is 0 Å². The number of fused-ring (bicyclic) bond motifs is 5. The minimum absolute atomic E-state index is 0.270. The van der Waals surface area contributed by atoms with E-state index in [9.17, 15) is 0 Å². The molecule has 0 aromatic rings. The lowest BCUT2D eigenvalue weighted by Gasteiger charge is -2.57. The molecule has 138 valence electrons. The van der Waals surface area contributed by atoms with Crippen LogP contribution in [-0.4, -0.2) is 25.6 Å². The summed E-state index contributed by atoms with van der Waals surface area (Å²) in [5, 5.41) is 8.64. The molecule has 5 unspecified atom stereocenters. The molecule has 3 saturated carbocycles. The maximum atomic E-state index is 5.17. The number of hydrogen-bond donors (Lipinski definition) is 0. The molecule has 3 fully saturated rings. The highest BCUT2D eigenvalue weighted by molar-refractivity contribution is 5.96. The van der Waals surface area contributed by atoms with Crippen molar-refractivity contribution in [2.24, 2.45) is 38.9 Å². The first-order chi connectivity index (χ1) is 12.0. The summed E-state index contributed by atoms with van der Waals surface area (Å²) >= 11 is 0. The number of nitrogens with zero attached hydrogens (tertiary/aromatic N) is 2. The van der Waals surface area contributed by atoms with Gasteiger partial charge >= 0.3 is 0 Å². The van der Waals surface area contributed by atoms with Gasteiger partial charge < -0.3 is 9.68 Å². The Morgan fingerprint density at radius 3 is 2.40 bits per heavy atom. The van der Waals surface area contributed by atoms with Crippen LogP contribution in [0.15, 0.2) is 22.0 Å². The normalized spacial score (nSPS) is 46.2. The van der Waals surface area contributed by atoms with E-state index in [4.69, 9.17) is 9.68 Å². The maximum Gasteiger partial charge on any atom is 0.106 e. The molecule has 0 saturated heterocycles. The highest BCUT2D eigenvalue weighted by Crippen LogP contribution is 2.64. The summed E-state index contributed by atoms with van der Waals surface area (Å²) in [5.41, 5.74) is 4.71. The molecule has 0 aromatic carbocycles. The minimum Gasteiger partial charge on any atom is -0.399 e. The molecule has 0 aliphatic heterocycles. The Balaban J connectivity index is 1.64. The van der Waals surface area contributed by atoms with Crippen LogP contribution in [-0.2, 0) is 9.68 Å². The van der Waals surface area contributed by atoms with Gasteiger partial charge in [-0.05, 0) is 80.6 Å². The van der Waals surface area contributed by atoms with Gasteiger partial charge in [-0.15, -0.1) is 0 Å². The zero-order valence-electron chi connectivity index (χ0n) is 16.2. The molecule has 0 amide bonds. The van der Waals surface area contributed by atoms with Crippen molar-refractivity contribution in [1.82, 2.24) is 0 Å². The van der Waals surface area contributed by atoms with Gasteiger partial charge in [-0.25, -0.2) is 0 Å². The Bertz CT molecular complexity index is 638. The zero-order chi connectivity index (χ0) is 17.7. The van der Waals surface area contributed by atoms with E-state index < -0.39 is 0 Å². The number of rotatable bonds is 2. The van der Waals surface area contributed by atoms with Crippen molar-refractivity contribution in [2.75, 3.05) is 14.2 Å². The fourth-order valence-electron chi connectivity index (χ4n) is 6.81. The third kappa shape index (κ3) is 2.47. The Kier molecular flexibility index (Phi) is 4.20. The molecular weight excluding hydrogens is 312 g/mol. The van der Waals surface area contributed by atoms with Gasteiger partial charge in [-0.2, -0.15) is 0 Å². The first-order valence-electron chi connectivity index (χ1n) is 9.94. The minimum atomic E-state index is 0.270. The number of oxime groups is 2. The standard InChI is InChI=1S/C21H32N2O2/c1-20-11-9-15(22-24-3)13-14(20)5-6-16-17-7-8-19(23-25-4)21(17,2)12-10-18(16)20/h13,16-18H,5-12H2,1-4H3/b22-15+,23-19+. The Morgan fingerprint density at radius 2 is 1.64 bits per heavy atom. The van der Waals surface area contributed by atoms with Crippen molar-refractivity contribution in [1.29, 1.82) is 0 Å². The van der Waals surface area contributed by atoms with Crippen LogP contribution in [0.2, 0.25) is 0 Å². The summed E-state index contributed by atoms with van der Waals surface area (Å²) < 4.78 is 0. The molecule has 0 heterocycles. The number of hydrogen-bond acceptors (Lipinski definition) is 4. The number of allylic oxidation sites excluding steroid dienone is 2. The molecule has 25 heavy (non-hydrogen) atoms. The fourth-order valence-corrected chi connectivity index (χ4v) is 6.81. The first-order valence-corrected chi connectivity index (χ1v) is 9.94. The lowest BCUT2D eigenvalue weighted by Crippen LogP contribution is -2.50. The van der Waals surface area contributed by atoms with Gasteiger partial charge in [0.2, 0.25) is 0 Å². The summed E-state index contributed by atoms with van der Waals surface area (Å²) in [4.78, 5) is 10.2. The molecule has 5 atom stereocenters. The smallest absolute Gasteiger partial charge is 0.106 e. The molecule has 0 radical (unpaired) electrons. The molecule has 0 aromatic heterocycles. The van der Waals surface area contributed by atoms with Gasteiger partial charge in [0.25, 0.3) is 0 Å². The van der Waals surface area contributed by atoms with Gasteiger partial charge in [0, 0.05) is 5.41 Å². The summed E-state index contributed by atoms with van der Waals surface area (Å²) in [6.45, 7) is 4.98. The van der Waals surface area contributed by atoms with E-state index in [1.807, 2.05) is 0 Å². The largest absolute Gasteiger partial charge is 0.399 e. The van der Waals surface area contributed by atoms with E-state index in [0.717, 1.165) is 36.3 Å². The lowest BCUT2D eigenvalue weighted by atomic mass is 9.47. The van der Waals surface area contributed by atoms with E-state index in [1.165, 1.54) is 44.2 Å². The van der Waals surface area contributed by atoms with Gasteiger partial charge in [-0.1, -0.05) is 29.7 Å². The highest BCUT2D eigenvalue weighted by Gasteiger charge is 2.58. The van der Waals surface area contributed by atoms with Crippen molar-refractivity contribution in [3.63, 3.8) is 0 Å². The quantitative estimate of drug-likeness (QED) is 0.665. The topological polar surface area (TPSA) is 43.2 Å². The van der Waals surface area contributed by atoms with Crippen molar-refractivity contribution in [3.8, 4) is 0 Å². The van der Waals surface area contributed by atoms with Crippen LogP contribution >= 0.6 is 0 Å². The Morgan fingerprint density at radius 1 is 0.880 bits per heavy atom. The fraction of sp³-hybridized carbons (Fsp3) is 0.810. The molecule has 4 aliphatic carbocycles. The molecule has 0 N–H and O–H groups in total. The predicted octanol–water partition coefficient (Wildman–Crippen LogP) is 4.95. The summed E-state index contributed by atoms with van der Waals surface area (Å²) in [5.74, 6) is 2.44. The summed E-state index contributed by atoms with van der Waals surface area (Å²) in [7, 11) is 3.34. The van der Waals surface area contributed by atoms with Crippen molar-refractivity contribution < 1.29 is 9.68 Å². The molecule has 4 aliphatic rings. The molecule has 0 spiro atoms. The second kappa shape index (κ2) is 6.14. The van der Waals surface area contributed by atoms with Gasteiger partial charge in [0.15, 0.2) is 0 Å². The van der Waals surface area contributed by atoms with Crippen LogP contribution in [0.4, 0.5) is 0 Å². The Hall–Kier alpha value is -1.32. The van der Waals surface area contributed by atoms with Crippen molar-refractivity contribution in [3.05, 3.63) is 11.6 Å².